The Labute approximate surface area is 141 Å². The zero-order valence-electron chi connectivity index (χ0n) is 13.3. The van der Waals surface area contributed by atoms with Gasteiger partial charge in [0.15, 0.2) is 9.84 Å². The van der Waals surface area contributed by atoms with E-state index in [0.29, 0.717) is 12.3 Å². The van der Waals surface area contributed by atoms with Crippen LogP contribution in [-0.4, -0.2) is 32.0 Å². The molecule has 0 aliphatic rings. The van der Waals surface area contributed by atoms with Gasteiger partial charge in [-0.15, -0.1) is 0 Å². The number of allylic oxidation sites excluding steroid dienone is 2. The SMILES string of the molecule is C=N/C(=C(\C=C/C)S(=O)(=O)CC)c1ccc(C(F)(F)C(F)(F)F)cn1. The molecule has 0 N–H and O–H groups in total. The van der Waals surface area contributed by atoms with Crippen LogP contribution in [0.4, 0.5) is 22.0 Å². The average Bonchev–Trinajstić information content (AvgIpc) is 2.54. The third-order valence-electron chi connectivity index (χ3n) is 3.15. The van der Waals surface area contributed by atoms with Crippen molar-refractivity contribution in [2.75, 3.05) is 5.75 Å². The normalized spacial score (nSPS) is 14.5. The van der Waals surface area contributed by atoms with Crippen molar-refractivity contribution in [2.45, 2.75) is 25.9 Å². The molecule has 0 saturated heterocycles. The van der Waals surface area contributed by atoms with Gasteiger partial charge in [0.2, 0.25) is 0 Å². The molecule has 0 amide bonds. The number of halogens is 5. The Kier molecular flexibility index (Phi) is 6.22. The summed E-state index contributed by atoms with van der Waals surface area (Å²) < 4.78 is 87.9. The zero-order chi connectivity index (χ0) is 19.5. The second-order valence-electron chi connectivity index (χ2n) is 4.78. The van der Waals surface area contributed by atoms with Gasteiger partial charge in [0.05, 0.1) is 16.4 Å². The van der Waals surface area contributed by atoms with Crippen molar-refractivity contribution in [3.63, 3.8) is 0 Å². The fourth-order valence-corrected chi connectivity index (χ4v) is 2.92. The molecule has 138 valence electrons. The van der Waals surface area contributed by atoms with E-state index in [1.807, 2.05) is 0 Å². The molecule has 1 aromatic rings. The van der Waals surface area contributed by atoms with Gasteiger partial charge in [0.25, 0.3) is 0 Å². The van der Waals surface area contributed by atoms with Gasteiger partial charge in [0, 0.05) is 11.8 Å². The van der Waals surface area contributed by atoms with E-state index in [1.165, 1.54) is 19.1 Å². The molecule has 0 aliphatic heterocycles. The van der Waals surface area contributed by atoms with Gasteiger partial charge in [-0.05, 0) is 31.9 Å². The van der Waals surface area contributed by atoms with E-state index in [2.05, 4.69) is 16.7 Å². The van der Waals surface area contributed by atoms with Crippen molar-refractivity contribution in [3.8, 4) is 0 Å². The molecule has 0 unspecified atom stereocenters. The summed E-state index contributed by atoms with van der Waals surface area (Å²) in [6.45, 7) is 6.16. The first-order valence-electron chi connectivity index (χ1n) is 6.90. The Morgan fingerprint density at radius 2 is 1.88 bits per heavy atom. The first-order valence-corrected chi connectivity index (χ1v) is 8.55. The summed E-state index contributed by atoms with van der Waals surface area (Å²) in [5.41, 5.74) is -1.79. The smallest absolute Gasteiger partial charge is 0.261 e. The molecule has 0 fully saturated rings. The fraction of sp³-hybridized carbons (Fsp3) is 0.333. The van der Waals surface area contributed by atoms with Gasteiger partial charge >= 0.3 is 12.1 Å². The lowest BCUT2D eigenvalue weighted by Crippen LogP contribution is -2.33. The standard InChI is InChI=1S/C15H15F5N2O2S/c1-4-6-12(25(23,24)5-2)13(21-3)11-8-7-10(9-22-11)14(16,17)15(18,19)20/h4,6-9H,3,5H2,1-2H3/b6-4-,13-12+. The first kappa shape index (κ1) is 20.9. The maximum Gasteiger partial charge on any atom is 0.458 e. The van der Waals surface area contributed by atoms with E-state index in [1.54, 1.807) is 6.92 Å². The maximum atomic E-state index is 13.3. The number of rotatable bonds is 6. The van der Waals surface area contributed by atoms with Crippen molar-refractivity contribution in [3.05, 3.63) is 46.6 Å². The quantitative estimate of drug-likeness (QED) is 0.423. The maximum absolute atomic E-state index is 13.3. The van der Waals surface area contributed by atoms with Crippen LogP contribution in [0.1, 0.15) is 25.1 Å². The number of aromatic nitrogens is 1. The monoisotopic (exact) mass is 382 g/mol. The summed E-state index contributed by atoms with van der Waals surface area (Å²) in [6, 6.07) is 1.36. The van der Waals surface area contributed by atoms with Crippen LogP contribution in [0.2, 0.25) is 0 Å². The number of alkyl halides is 5. The highest BCUT2D eigenvalue weighted by molar-refractivity contribution is 7.95. The minimum absolute atomic E-state index is 0.193. The van der Waals surface area contributed by atoms with E-state index >= 15 is 0 Å². The minimum atomic E-state index is -5.77. The molecule has 25 heavy (non-hydrogen) atoms. The van der Waals surface area contributed by atoms with Gasteiger partial charge in [-0.1, -0.05) is 13.0 Å². The molecule has 0 saturated carbocycles. The summed E-state index contributed by atoms with van der Waals surface area (Å²) in [5.74, 6) is -5.35. The van der Waals surface area contributed by atoms with Crippen LogP contribution in [-0.2, 0) is 15.8 Å². The van der Waals surface area contributed by atoms with Gasteiger partial charge in [-0.3, -0.25) is 9.98 Å². The molecule has 0 radical (unpaired) electrons. The second kappa shape index (κ2) is 7.42. The molecule has 10 heteroatoms. The summed E-state index contributed by atoms with van der Waals surface area (Å²) in [4.78, 5) is 6.82. The van der Waals surface area contributed by atoms with Crippen molar-refractivity contribution in [1.29, 1.82) is 0 Å². The van der Waals surface area contributed by atoms with E-state index < -0.39 is 27.5 Å². The molecule has 4 nitrogen and oxygen atoms in total. The van der Waals surface area contributed by atoms with Crippen LogP contribution in [0, 0.1) is 0 Å². The summed E-state index contributed by atoms with van der Waals surface area (Å²) >= 11 is 0. The van der Waals surface area contributed by atoms with Crippen molar-refractivity contribution >= 4 is 22.3 Å². The zero-order valence-corrected chi connectivity index (χ0v) is 14.1. The Morgan fingerprint density at radius 1 is 1.28 bits per heavy atom. The number of nitrogens with zero attached hydrogens (tertiary/aromatic N) is 2. The minimum Gasteiger partial charge on any atom is -0.261 e. The number of pyridine rings is 1. The predicted molar refractivity (Wildman–Crippen MR) is 84.9 cm³/mol. The first-order chi connectivity index (χ1) is 11.4. The molecule has 0 spiro atoms. The highest BCUT2D eigenvalue weighted by Crippen LogP contribution is 2.43. The number of hydrogen-bond acceptors (Lipinski definition) is 4. The summed E-state index contributed by atoms with van der Waals surface area (Å²) in [7, 11) is -3.75. The molecule has 0 bridgehead atoms. The molecular formula is C15H15F5N2O2S. The van der Waals surface area contributed by atoms with Crippen molar-refractivity contribution in [2.24, 2.45) is 4.99 Å². The van der Waals surface area contributed by atoms with Gasteiger partial charge in [-0.2, -0.15) is 22.0 Å². The molecule has 0 atom stereocenters. The van der Waals surface area contributed by atoms with Gasteiger partial charge in [-0.25, -0.2) is 8.42 Å². The summed E-state index contributed by atoms with van der Waals surface area (Å²) in [6.07, 6.45) is -2.80. The average molecular weight is 382 g/mol. The highest BCUT2D eigenvalue weighted by Gasteiger charge is 2.58. The second-order valence-corrected chi connectivity index (χ2v) is 7.03. The molecular weight excluding hydrogens is 367 g/mol. The Hall–Kier alpha value is -2.10. The van der Waals surface area contributed by atoms with E-state index in [0.717, 1.165) is 6.07 Å². The topological polar surface area (TPSA) is 59.4 Å². The van der Waals surface area contributed by atoms with Crippen LogP contribution >= 0.6 is 0 Å². The van der Waals surface area contributed by atoms with Crippen LogP contribution in [0.15, 0.2) is 40.4 Å². The highest BCUT2D eigenvalue weighted by atomic mass is 32.2. The molecule has 1 heterocycles. The van der Waals surface area contributed by atoms with Crippen LogP contribution < -0.4 is 0 Å². The lowest BCUT2D eigenvalue weighted by Gasteiger charge is -2.19. The van der Waals surface area contributed by atoms with E-state index in [4.69, 9.17) is 0 Å². The summed E-state index contributed by atoms with van der Waals surface area (Å²) in [5, 5.41) is 0. The molecule has 1 aromatic heterocycles. The fourth-order valence-electron chi connectivity index (χ4n) is 1.81. The Bertz CT molecular complexity index is 794. The lowest BCUT2D eigenvalue weighted by molar-refractivity contribution is -0.289. The van der Waals surface area contributed by atoms with Crippen molar-refractivity contribution in [1.82, 2.24) is 4.98 Å². The van der Waals surface area contributed by atoms with E-state index in [9.17, 15) is 30.4 Å². The molecule has 0 aliphatic carbocycles. The third kappa shape index (κ3) is 4.30. The Balaban J connectivity index is 3.54. The largest absolute Gasteiger partial charge is 0.458 e. The molecule has 1 rings (SSSR count). The van der Waals surface area contributed by atoms with Crippen LogP contribution in [0.5, 0.6) is 0 Å². The van der Waals surface area contributed by atoms with Crippen molar-refractivity contribution < 1.29 is 30.4 Å². The third-order valence-corrected chi connectivity index (χ3v) is 4.91. The van der Waals surface area contributed by atoms with Crippen LogP contribution in [0.3, 0.4) is 0 Å². The predicted octanol–water partition coefficient (Wildman–Crippen LogP) is 4.12. The lowest BCUT2D eigenvalue weighted by atomic mass is 10.1. The number of sulfone groups is 1. The van der Waals surface area contributed by atoms with E-state index in [-0.39, 0.29) is 22.0 Å². The Morgan fingerprint density at radius 3 is 2.24 bits per heavy atom. The van der Waals surface area contributed by atoms with Gasteiger partial charge < -0.3 is 0 Å². The molecule has 0 aromatic carbocycles. The number of aliphatic imine (C=N–C) groups is 1. The number of hydrogen-bond donors (Lipinski definition) is 0. The van der Waals surface area contributed by atoms with Gasteiger partial charge in [0.1, 0.15) is 5.70 Å². The van der Waals surface area contributed by atoms with Crippen LogP contribution in [0.25, 0.3) is 5.70 Å².